The number of carbonyl (C=O) groups is 4. The lowest BCUT2D eigenvalue weighted by Crippen LogP contribution is -2.42. The molecule has 0 radical (unpaired) electrons. The third-order valence-corrected chi connectivity index (χ3v) is 2.54. The maximum atomic E-state index is 11.7. The lowest BCUT2D eigenvalue weighted by molar-refractivity contribution is -0.138. The number of likely N-dealkylation sites (N-methyl/N-ethyl adjacent to an activating group) is 1. The third-order valence-electron chi connectivity index (χ3n) is 2.54. The predicted octanol–water partition coefficient (Wildman–Crippen LogP) is -1.14. The number of hydrogen-bond donors (Lipinski definition) is 2. The van der Waals surface area contributed by atoms with Gasteiger partial charge in [-0.3, -0.25) is 19.3 Å². The SMILES string of the molecule is CN(CCCC(=O)O)C(=O)CN1C(=O)CNC1=O. The van der Waals surface area contributed by atoms with E-state index in [0.29, 0.717) is 6.42 Å². The van der Waals surface area contributed by atoms with Gasteiger partial charge in [-0.15, -0.1) is 0 Å². The van der Waals surface area contributed by atoms with Crippen LogP contribution in [-0.4, -0.2) is 65.4 Å². The Morgan fingerprint density at radius 1 is 1.44 bits per heavy atom. The van der Waals surface area contributed by atoms with Gasteiger partial charge in [0.15, 0.2) is 0 Å². The zero-order chi connectivity index (χ0) is 13.7. The van der Waals surface area contributed by atoms with Crippen molar-refractivity contribution >= 4 is 23.8 Å². The van der Waals surface area contributed by atoms with Crippen LogP contribution < -0.4 is 5.32 Å². The van der Waals surface area contributed by atoms with Gasteiger partial charge in [0.25, 0.3) is 5.91 Å². The van der Waals surface area contributed by atoms with Gasteiger partial charge in [0.2, 0.25) is 5.91 Å². The van der Waals surface area contributed by atoms with E-state index in [4.69, 9.17) is 5.11 Å². The van der Waals surface area contributed by atoms with E-state index in [1.807, 2.05) is 0 Å². The number of urea groups is 1. The average molecular weight is 257 g/mol. The summed E-state index contributed by atoms with van der Waals surface area (Å²) >= 11 is 0. The van der Waals surface area contributed by atoms with E-state index < -0.39 is 23.8 Å². The van der Waals surface area contributed by atoms with Gasteiger partial charge in [0, 0.05) is 20.0 Å². The van der Waals surface area contributed by atoms with Crippen molar-refractivity contribution in [3.05, 3.63) is 0 Å². The minimum absolute atomic E-state index is 0.0270. The van der Waals surface area contributed by atoms with Crippen LogP contribution in [0.1, 0.15) is 12.8 Å². The Balaban J connectivity index is 2.37. The molecule has 8 heteroatoms. The Bertz CT molecular complexity index is 366. The van der Waals surface area contributed by atoms with Gasteiger partial charge in [-0.2, -0.15) is 0 Å². The molecule has 0 aromatic heterocycles. The first-order valence-corrected chi connectivity index (χ1v) is 5.45. The molecule has 1 aliphatic rings. The smallest absolute Gasteiger partial charge is 0.325 e. The number of carboxylic acid groups (broad SMARTS) is 1. The number of nitrogens with zero attached hydrogens (tertiary/aromatic N) is 2. The molecule has 0 saturated carbocycles. The molecule has 1 fully saturated rings. The van der Waals surface area contributed by atoms with E-state index in [9.17, 15) is 19.2 Å². The van der Waals surface area contributed by atoms with Crippen molar-refractivity contribution in [1.82, 2.24) is 15.1 Å². The van der Waals surface area contributed by atoms with Gasteiger partial charge < -0.3 is 15.3 Å². The fourth-order valence-electron chi connectivity index (χ4n) is 1.46. The first-order chi connectivity index (χ1) is 8.41. The Morgan fingerprint density at radius 3 is 2.61 bits per heavy atom. The Kier molecular flexibility index (Phi) is 4.64. The minimum Gasteiger partial charge on any atom is -0.481 e. The van der Waals surface area contributed by atoms with Crippen LogP contribution in [0.4, 0.5) is 4.79 Å². The van der Waals surface area contributed by atoms with Crippen LogP contribution >= 0.6 is 0 Å². The molecule has 0 aliphatic carbocycles. The van der Waals surface area contributed by atoms with Gasteiger partial charge in [-0.05, 0) is 6.42 Å². The molecule has 1 saturated heterocycles. The number of carboxylic acids is 1. The van der Waals surface area contributed by atoms with Gasteiger partial charge >= 0.3 is 12.0 Å². The normalized spacial score (nSPS) is 14.6. The van der Waals surface area contributed by atoms with Crippen molar-refractivity contribution in [1.29, 1.82) is 0 Å². The van der Waals surface area contributed by atoms with Crippen molar-refractivity contribution in [3.63, 3.8) is 0 Å². The quantitative estimate of drug-likeness (QED) is 0.585. The topological polar surface area (TPSA) is 107 Å². The van der Waals surface area contributed by atoms with E-state index in [1.54, 1.807) is 0 Å². The molecule has 1 heterocycles. The highest BCUT2D eigenvalue weighted by Gasteiger charge is 2.30. The predicted molar refractivity (Wildman–Crippen MR) is 59.6 cm³/mol. The summed E-state index contributed by atoms with van der Waals surface area (Å²) in [5.74, 6) is -1.76. The molecule has 0 bridgehead atoms. The number of amides is 4. The number of carbonyl (C=O) groups excluding carboxylic acids is 3. The summed E-state index contributed by atoms with van der Waals surface area (Å²) in [5.41, 5.74) is 0. The van der Waals surface area contributed by atoms with Crippen LogP contribution in [0.3, 0.4) is 0 Å². The second kappa shape index (κ2) is 5.99. The molecule has 8 nitrogen and oxygen atoms in total. The summed E-state index contributed by atoms with van der Waals surface area (Å²) in [5, 5.41) is 10.8. The van der Waals surface area contributed by atoms with E-state index >= 15 is 0 Å². The van der Waals surface area contributed by atoms with Crippen molar-refractivity contribution < 1.29 is 24.3 Å². The molecular formula is C10H15N3O5. The third kappa shape index (κ3) is 3.72. The van der Waals surface area contributed by atoms with E-state index in [1.165, 1.54) is 11.9 Å². The Hall–Kier alpha value is -2.12. The molecule has 0 unspecified atom stereocenters. The van der Waals surface area contributed by atoms with Crippen molar-refractivity contribution in [2.45, 2.75) is 12.8 Å². The Morgan fingerprint density at radius 2 is 2.11 bits per heavy atom. The first kappa shape index (κ1) is 13.9. The van der Waals surface area contributed by atoms with Crippen LogP contribution in [-0.2, 0) is 14.4 Å². The summed E-state index contributed by atoms with van der Waals surface area (Å²) in [4.78, 5) is 46.6. The summed E-state index contributed by atoms with van der Waals surface area (Å²) in [6.45, 7) is -0.127. The fraction of sp³-hybridized carbons (Fsp3) is 0.600. The fourth-order valence-corrected chi connectivity index (χ4v) is 1.46. The minimum atomic E-state index is -0.926. The van der Waals surface area contributed by atoms with Gasteiger partial charge in [-0.1, -0.05) is 0 Å². The molecule has 1 rings (SSSR count). The highest BCUT2D eigenvalue weighted by Crippen LogP contribution is 2.01. The molecule has 1 aliphatic heterocycles. The zero-order valence-corrected chi connectivity index (χ0v) is 10.0. The summed E-state index contributed by atoms with van der Waals surface area (Å²) < 4.78 is 0. The lowest BCUT2D eigenvalue weighted by Gasteiger charge is -2.19. The average Bonchev–Trinajstić information content (AvgIpc) is 2.60. The standard InChI is InChI=1S/C10H15N3O5/c1-12(4-2-3-9(16)17)8(15)6-13-7(14)5-11-10(13)18/h2-6H2,1H3,(H,11,18)(H,16,17). The molecule has 100 valence electrons. The molecule has 0 aromatic rings. The number of hydrogen-bond acceptors (Lipinski definition) is 4. The maximum absolute atomic E-state index is 11.7. The Labute approximate surface area is 104 Å². The monoisotopic (exact) mass is 257 g/mol. The molecule has 0 aromatic carbocycles. The number of nitrogens with one attached hydrogen (secondary N) is 1. The molecule has 18 heavy (non-hydrogen) atoms. The van der Waals surface area contributed by atoms with E-state index in [0.717, 1.165) is 4.90 Å². The van der Waals surface area contributed by atoms with Gasteiger partial charge in [-0.25, -0.2) is 4.79 Å². The summed E-state index contributed by atoms with van der Waals surface area (Å²) in [7, 11) is 1.50. The number of imide groups is 1. The summed E-state index contributed by atoms with van der Waals surface area (Å²) in [6.07, 6.45) is 0.304. The van der Waals surface area contributed by atoms with Crippen LogP contribution in [0.5, 0.6) is 0 Å². The maximum Gasteiger partial charge on any atom is 0.325 e. The molecule has 4 amide bonds. The van der Waals surface area contributed by atoms with Crippen molar-refractivity contribution in [2.24, 2.45) is 0 Å². The lowest BCUT2D eigenvalue weighted by atomic mass is 10.3. The van der Waals surface area contributed by atoms with E-state index in [2.05, 4.69) is 5.32 Å². The van der Waals surface area contributed by atoms with Gasteiger partial charge in [0.05, 0.1) is 6.54 Å². The molecule has 0 atom stereocenters. The van der Waals surface area contributed by atoms with Crippen molar-refractivity contribution in [3.8, 4) is 0 Å². The van der Waals surface area contributed by atoms with E-state index in [-0.39, 0.29) is 26.1 Å². The highest BCUT2D eigenvalue weighted by atomic mass is 16.4. The number of rotatable bonds is 6. The van der Waals surface area contributed by atoms with Crippen LogP contribution in [0, 0.1) is 0 Å². The first-order valence-electron chi connectivity index (χ1n) is 5.45. The van der Waals surface area contributed by atoms with Crippen LogP contribution in [0.15, 0.2) is 0 Å². The largest absolute Gasteiger partial charge is 0.481 e. The van der Waals surface area contributed by atoms with Gasteiger partial charge in [0.1, 0.15) is 6.54 Å². The highest BCUT2D eigenvalue weighted by molar-refractivity contribution is 6.04. The van der Waals surface area contributed by atoms with Crippen LogP contribution in [0.2, 0.25) is 0 Å². The summed E-state index contributed by atoms with van der Waals surface area (Å²) in [6, 6.07) is -0.577. The zero-order valence-electron chi connectivity index (χ0n) is 10.0. The second-order valence-electron chi connectivity index (χ2n) is 3.95. The molecule has 2 N–H and O–H groups in total. The molecule has 0 spiro atoms. The second-order valence-corrected chi connectivity index (χ2v) is 3.95. The number of aliphatic carboxylic acids is 1. The van der Waals surface area contributed by atoms with Crippen LogP contribution in [0.25, 0.3) is 0 Å². The van der Waals surface area contributed by atoms with Crippen molar-refractivity contribution in [2.75, 3.05) is 26.7 Å². The molecular weight excluding hydrogens is 242 g/mol.